The Hall–Kier alpha value is -1.46. The van der Waals surface area contributed by atoms with Gasteiger partial charge in [0, 0.05) is 26.7 Å². The lowest BCUT2D eigenvalue weighted by Crippen LogP contribution is -2.33. The molecule has 1 rings (SSSR count). The Morgan fingerprint density at radius 3 is 2.76 bits per heavy atom. The molecular formula is C12H17FN2O2. The van der Waals surface area contributed by atoms with Crippen molar-refractivity contribution in [3.8, 4) is 0 Å². The van der Waals surface area contributed by atoms with E-state index in [4.69, 9.17) is 4.74 Å². The molecule has 4 nitrogen and oxygen atoms in total. The van der Waals surface area contributed by atoms with Crippen LogP contribution < -0.4 is 10.6 Å². The fraction of sp³-hybridized carbons (Fsp3) is 0.417. The van der Waals surface area contributed by atoms with Gasteiger partial charge in [-0.15, -0.1) is 0 Å². The van der Waals surface area contributed by atoms with Gasteiger partial charge in [-0.05, 0) is 12.1 Å². The molecular weight excluding hydrogens is 223 g/mol. The number of nitrogens with one attached hydrogen (secondary N) is 2. The van der Waals surface area contributed by atoms with Gasteiger partial charge in [-0.2, -0.15) is 0 Å². The normalized spacial score (nSPS) is 10.2. The first kappa shape index (κ1) is 13.6. The molecule has 1 aromatic carbocycles. The maximum atomic E-state index is 13.2. The molecule has 0 unspecified atom stereocenters. The molecule has 1 amide bonds. The number of carbonyl (C=O) groups is 1. The van der Waals surface area contributed by atoms with E-state index in [2.05, 4.69) is 10.6 Å². The number of halogens is 1. The number of rotatable bonds is 7. The summed E-state index contributed by atoms with van der Waals surface area (Å²) in [6, 6.07) is 5.92. The highest BCUT2D eigenvalue weighted by atomic mass is 19.1. The van der Waals surface area contributed by atoms with E-state index in [-0.39, 0.29) is 5.56 Å². The first-order valence-electron chi connectivity index (χ1n) is 5.48. The Morgan fingerprint density at radius 1 is 1.29 bits per heavy atom. The van der Waals surface area contributed by atoms with Gasteiger partial charge >= 0.3 is 0 Å². The minimum Gasteiger partial charge on any atom is -0.383 e. The first-order valence-corrected chi connectivity index (χ1v) is 5.48. The molecule has 17 heavy (non-hydrogen) atoms. The van der Waals surface area contributed by atoms with Gasteiger partial charge in [-0.3, -0.25) is 4.79 Å². The Balaban J connectivity index is 2.24. The molecule has 0 aliphatic rings. The van der Waals surface area contributed by atoms with Crippen LogP contribution in [-0.4, -0.2) is 39.3 Å². The Bertz CT molecular complexity index is 358. The summed E-state index contributed by atoms with van der Waals surface area (Å²) in [7, 11) is 1.63. The van der Waals surface area contributed by atoms with E-state index in [0.29, 0.717) is 19.7 Å². The number of methoxy groups -OCH3 is 1. The van der Waals surface area contributed by atoms with Crippen molar-refractivity contribution in [3.63, 3.8) is 0 Å². The van der Waals surface area contributed by atoms with Gasteiger partial charge in [0.1, 0.15) is 5.82 Å². The predicted molar refractivity (Wildman–Crippen MR) is 63.5 cm³/mol. The zero-order valence-electron chi connectivity index (χ0n) is 9.83. The maximum Gasteiger partial charge on any atom is 0.254 e. The minimum absolute atomic E-state index is 0.0735. The third kappa shape index (κ3) is 4.93. The van der Waals surface area contributed by atoms with Crippen LogP contribution in [0.25, 0.3) is 0 Å². The second-order valence-electron chi connectivity index (χ2n) is 3.48. The van der Waals surface area contributed by atoms with Gasteiger partial charge in [0.25, 0.3) is 5.91 Å². The van der Waals surface area contributed by atoms with Gasteiger partial charge in [-0.1, -0.05) is 12.1 Å². The number of benzene rings is 1. The highest BCUT2D eigenvalue weighted by molar-refractivity contribution is 5.94. The maximum absolute atomic E-state index is 13.2. The standard InChI is InChI=1S/C12H17FN2O2/c1-17-9-8-14-6-7-15-12(16)10-4-2-3-5-11(10)13/h2-5,14H,6-9H2,1H3,(H,15,16). The average molecular weight is 240 g/mol. The largest absolute Gasteiger partial charge is 0.383 e. The molecule has 0 fully saturated rings. The summed E-state index contributed by atoms with van der Waals surface area (Å²) in [4.78, 5) is 11.6. The summed E-state index contributed by atoms with van der Waals surface area (Å²) in [6.45, 7) is 2.44. The fourth-order valence-electron chi connectivity index (χ4n) is 1.30. The quantitative estimate of drug-likeness (QED) is 0.693. The van der Waals surface area contributed by atoms with E-state index in [1.54, 1.807) is 19.2 Å². The van der Waals surface area contributed by atoms with Crippen LogP contribution >= 0.6 is 0 Å². The second-order valence-corrected chi connectivity index (χ2v) is 3.48. The molecule has 0 spiro atoms. The summed E-state index contributed by atoms with van der Waals surface area (Å²) in [5.74, 6) is -0.894. The van der Waals surface area contributed by atoms with Crippen molar-refractivity contribution in [2.24, 2.45) is 0 Å². The van der Waals surface area contributed by atoms with E-state index >= 15 is 0 Å². The van der Waals surface area contributed by atoms with Crippen molar-refractivity contribution in [2.45, 2.75) is 0 Å². The number of carbonyl (C=O) groups excluding carboxylic acids is 1. The lowest BCUT2D eigenvalue weighted by Gasteiger charge is -2.07. The van der Waals surface area contributed by atoms with E-state index in [9.17, 15) is 9.18 Å². The highest BCUT2D eigenvalue weighted by Gasteiger charge is 2.09. The summed E-state index contributed by atoms with van der Waals surface area (Å²) in [6.07, 6.45) is 0. The summed E-state index contributed by atoms with van der Waals surface area (Å²) >= 11 is 0. The van der Waals surface area contributed by atoms with Crippen LogP contribution in [0.15, 0.2) is 24.3 Å². The van der Waals surface area contributed by atoms with Crippen LogP contribution in [0.5, 0.6) is 0 Å². The predicted octanol–water partition coefficient (Wildman–Crippen LogP) is 0.791. The van der Waals surface area contributed by atoms with Gasteiger partial charge < -0.3 is 15.4 Å². The minimum atomic E-state index is -0.502. The molecule has 0 bridgehead atoms. The zero-order chi connectivity index (χ0) is 12.5. The number of hydrogen-bond acceptors (Lipinski definition) is 3. The average Bonchev–Trinajstić information content (AvgIpc) is 2.34. The Labute approximate surface area is 100 Å². The second kappa shape index (κ2) is 7.76. The molecule has 1 aromatic rings. The lowest BCUT2D eigenvalue weighted by atomic mass is 10.2. The molecule has 2 N–H and O–H groups in total. The monoisotopic (exact) mass is 240 g/mol. The Morgan fingerprint density at radius 2 is 2.06 bits per heavy atom. The summed E-state index contributed by atoms with van der Waals surface area (Å²) in [5.41, 5.74) is 0.0735. The van der Waals surface area contributed by atoms with Crippen molar-refractivity contribution < 1.29 is 13.9 Å². The van der Waals surface area contributed by atoms with E-state index < -0.39 is 11.7 Å². The number of hydrogen-bond donors (Lipinski definition) is 2. The van der Waals surface area contributed by atoms with Crippen molar-refractivity contribution >= 4 is 5.91 Å². The van der Waals surface area contributed by atoms with Crippen LogP contribution in [0.2, 0.25) is 0 Å². The van der Waals surface area contributed by atoms with Gasteiger partial charge in [0.2, 0.25) is 0 Å². The zero-order valence-corrected chi connectivity index (χ0v) is 9.83. The van der Waals surface area contributed by atoms with Crippen LogP contribution in [-0.2, 0) is 4.74 Å². The third-order valence-corrected chi connectivity index (χ3v) is 2.19. The lowest BCUT2D eigenvalue weighted by molar-refractivity contribution is 0.0949. The molecule has 0 heterocycles. The van der Waals surface area contributed by atoms with Gasteiger partial charge in [-0.25, -0.2) is 4.39 Å². The van der Waals surface area contributed by atoms with E-state index in [1.807, 2.05) is 0 Å². The van der Waals surface area contributed by atoms with E-state index in [1.165, 1.54) is 12.1 Å². The molecule has 0 radical (unpaired) electrons. The van der Waals surface area contributed by atoms with Crippen molar-refractivity contribution in [2.75, 3.05) is 33.4 Å². The molecule has 0 aliphatic heterocycles. The SMILES string of the molecule is COCCNCCNC(=O)c1ccccc1F. The van der Waals surface area contributed by atoms with Crippen molar-refractivity contribution in [1.29, 1.82) is 0 Å². The molecule has 0 atom stereocenters. The summed E-state index contributed by atoms with van der Waals surface area (Å²) < 4.78 is 18.1. The number of ether oxygens (including phenoxy) is 1. The van der Waals surface area contributed by atoms with Crippen molar-refractivity contribution in [3.05, 3.63) is 35.6 Å². The van der Waals surface area contributed by atoms with Gasteiger partial charge in [0.05, 0.1) is 12.2 Å². The molecule has 0 aromatic heterocycles. The Kier molecular flexibility index (Phi) is 6.21. The fourth-order valence-corrected chi connectivity index (χ4v) is 1.30. The molecule has 0 aliphatic carbocycles. The molecule has 0 saturated heterocycles. The molecule has 0 saturated carbocycles. The van der Waals surface area contributed by atoms with Crippen LogP contribution in [0.4, 0.5) is 4.39 Å². The van der Waals surface area contributed by atoms with Crippen molar-refractivity contribution in [1.82, 2.24) is 10.6 Å². The topological polar surface area (TPSA) is 50.4 Å². The molecule has 94 valence electrons. The third-order valence-electron chi connectivity index (χ3n) is 2.19. The van der Waals surface area contributed by atoms with E-state index in [0.717, 1.165) is 6.54 Å². The highest BCUT2D eigenvalue weighted by Crippen LogP contribution is 2.05. The summed E-state index contributed by atoms with van der Waals surface area (Å²) in [5, 5.41) is 5.71. The van der Waals surface area contributed by atoms with Gasteiger partial charge in [0.15, 0.2) is 0 Å². The van der Waals surface area contributed by atoms with Crippen LogP contribution in [0.3, 0.4) is 0 Å². The smallest absolute Gasteiger partial charge is 0.254 e. The van der Waals surface area contributed by atoms with Crippen LogP contribution in [0.1, 0.15) is 10.4 Å². The van der Waals surface area contributed by atoms with Crippen LogP contribution in [0, 0.1) is 5.82 Å². The first-order chi connectivity index (χ1) is 8.25. The molecule has 5 heteroatoms. The number of amides is 1.